The third-order valence-electron chi connectivity index (χ3n) is 3.89. The van der Waals surface area contributed by atoms with E-state index in [0.29, 0.717) is 0 Å². The number of carbonyl (C=O) groups excluding carboxylic acids is 1. The second-order valence-electron chi connectivity index (χ2n) is 6.54. The fourth-order valence-electron chi connectivity index (χ4n) is 2.47. The largest absolute Gasteiger partial charge is 0.339 e. The summed E-state index contributed by atoms with van der Waals surface area (Å²) in [5.41, 5.74) is 0. The number of nitrogens with one attached hydrogen (secondary N) is 1. The van der Waals surface area contributed by atoms with Gasteiger partial charge in [0.05, 0.1) is 27.5 Å². The second kappa shape index (κ2) is 7.79. The molecular weight excluding hydrogens is 407 g/mol. The minimum absolute atomic E-state index is 0.000839. The molecule has 2 rings (SSSR count). The molecule has 1 aliphatic rings. The van der Waals surface area contributed by atoms with Crippen molar-refractivity contribution in [3.05, 3.63) is 29.0 Å². The van der Waals surface area contributed by atoms with E-state index in [0.717, 1.165) is 18.2 Å². The van der Waals surface area contributed by atoms with Gasteiger partial charge < -0.3 is 4.90 Å². The molecule has 1 fully saturated rings. The Labute approximate surface area is 157 Å². The molecule has 0 unspecified atom stereocenters. The van der Waals surface area contributed by atoms with Crippen molar-refractivity contribution in [3.8, 4) is 0 Å². The van der Waals surface area contributed by atoms with Gasteiger partial charge in [0.25, 0.3) is 0 Å². The summed E-state index contributed by atoms with van der Waals surface area (Å²) in [6.07, 6.45) is 0. The number of sulfonamides is 1. The van der Waals surface area contributed by atoms with Gasteiger partial charge in [-0.25, -0.2) is 25.9 Å². The van der Waals surface area contributed by atoms with Gasteiger partial charge in [-0.1, -0.05) is 25.4 Å². The molecule has 11 heteroatoms. The Morgan fingerprint density at radius 3 is 2.46 bits per heavy atom. The van der Waals surface area contributed by atoms with Crippen LogP contribution in [0.25, 0.3) is 0 Å². The highest BCUT2D eigenvalue weighted by atomic mass is 35.5. The predicted molar refractivity (Wildman–Crippen MR) is 95.6 cm³/mol. The minimum Gasteiger partial charge on any atom is -0.339 e. The van der Waals surface area contributed by atoms with Gasteiger partial charge in [0.15, 0.2) is 9.84 Å². The summed E-state index contributed by atoms with van der Waals surface area (Å²) in [5.74, 6) is -1.23. The molecule has 0 aliphatic carbocycles. The number of hydrogen-bond donors (Lipinski definition) is 1. The first-order chi connectivity index (χ1) is 11.9. The van der Waals surface area contributed by atoms with Gasteiger partial charge in [0.1, 0.15) is 5.82 Å². The molecule has 1 amide bonds. The van der Waals surface area contributed by atoms with E-state index >= 15 is 0 Å². The first-order valence-electron chi connectivity index (χ1n) is 7.86. The van der Waals surface area contributed by atoms with Crippen LogP contribution >= 0.6 is 11.6 Å². The summed E-state index contributed by atoms with van der Waals surface area (Å²) in [5, 5.41) is -0.957. The Bertz CT molecular complexity index is 897. The Morgan fingerprint density at radius 1 is 1.31 bits per heavy atom. The highest BCUT2D eigenvalue weighted by molar-refractivity contribution is 7.92. The van der Waals surface area contributed by atoms with E-state index in [1.165, 1.54) is 4.90 Å². The molecule has 0 aromatic heterocycles. The van der Waals surface area contributed by atoms with Gasteiger partial charge in [-0.05, 0) is 24.1 Å². The van der Waals surface area contributed by atoms with Crippen LogP contribution in [0.15, 0.2) is 23.1 Å². The fraction of sp³-hybridized carbons (Fsp3) is 0.533. The summed E-state index contributed by atoms with van der Waals surface area (Å²) < 4.78 is 63.6. The molecule has 0 radical (unpaired) electrons. The van der Waals surface area contributed by atoms with E-state index < -0.39 is 43.4 Å². The van der Waals surface area contributed by atoms with Crippen LogP contribution in [0.1, 0.15) is 13.8 Å². The van der Waals surface area contributed by atoms with Crippen LogP contribution in [0.2, 0.25) is 5.02 Å². The Balaban J connectivity index is 1.91. The van der Waals surface area contributed by atoms with Crippen LogP contribution in [0.5, 0.6) is 0 Å². The van der Waals surface area contributed by atoms with E-state index in [1.54, 1.807) is 13.8 Å². The average molecular weight is 427 g/mol. The summed E-state index contributed by atoms with van der Waals surface area (Å²) in [6, 6.07) is 2.90. The van der Waals surface area contributed by atoms with Crippen molar-refractivity contribution >= 4 is 37.4 Å². The molecule has 0 bridgehead atoms. The van der Waals surface area contributed by atoms with Crippen LogP contribution in [0.3, 0.4) is 0 Å². The monoisotopic (exact) mass is 426 g/mol. The average Bonchev–Trinajstić information content (AvgIpc) is 2.44. The van der Waals surface area contributed by atoms with Crippen molar-refractivity contribution < 1.29 is 26.0 Å². The van der Waals surface area contributed by atoms with Crippen LogP contribution in [0.4, 0.5) is 4.39 Å². The number of nitrogens with zero attached hydrogens (tertiary/aromatic N) is 1. The third kappa shape index (κ3) is 4.93. The van der Waals surface area contributed by atoms with Crippen LogP contribution in [-0.4, -0.2) is 58.3 Å². The van der Waals surface area contributed by atoms with E-state index in [1.807, 2.05) is 0 Å². The number of sulfone groups is 1. The normalized spacial score (nSPS) is 16.0. The SMILES string of the molecule is CC(C)CS(=O)(=O)C1CN(C(=O)CNS(=O)(=O)c2ccc(F)c(Cl)c2)C1. The molecule has 1 saturated heterocycles. The van der Waals surface area contributed by atoms with E-state index in [9.17, 15) is 26.0 Å². The van der Waals surface area contributed by atoms with Gasteiger partial charge >= 0.3 is 0 Å². The zero-order valence-electron chi connectivity index (χ0n) is 14.3. The Kier molecular flexibility index (Phi) is 6.32. The molecular formula is C15H20ClFN2O5S2. The quantitative estimate of drug-likeness (QED) is 0.702. The molecule has 0 saturated carbocycles. The van der Waals surface area contributed by atoms with Gasteiger partial charge in [-0.2, -0.15) is 0 Å². The van der Waals surface area contributed by atoms with Crippen LogP contribution < -0.4 is 4.72 Å². The second-order valence-corrected chi connectivity index (χ2v) is 11.0. The lowest BCUT2D eigenvalue weighted by Gasteiger charge is -2.39. The van der Waals surface area contributed by atoms with Gasteiger partial charge in [0, 0.05) is 13.1 Å². The van der Waals surface area contributed by atoms with Crippen molar-refractivity contribution in [2.75, 3.05) is 25.4 Å². The number of halogens is 2. The van der Waals surface area contributed by atoms with Crippen LogP contribution in [-0.2, 0) is 24.7 Å². The lowest BCUT2D eigenvalue weighted by Crippen LogP contribution is -2.59. The summed E-state index contributed by atoms with van der Waals surface area (Å²) in [7, 11) is -7.30. The molecule has 0 spiro atoms. The molecule has 146 valence electrons. The highest BCUT2D eigenvalue weighted by Gasteiger charge is 2.39. The summed E-state index contributed by atoms with van der Waals surface area (Å²) in [4.78, 5) is 13.1. The topological polar surface area (TPSA) is 101 Å². The molecule has 1 aromatic rings. The highest BCUT2D eigenvalue weighted by Crippen LogP contribution is 2.20. The smallest absolute Gasteiger partial charge is 0.241 e. The lowest BCUT2D eigenvalue weighted by molar-refractivity contribution is -0.133. The number of carbonyl (C=O) groups is 1. The number of likely N-dealkylation sites (tertiary alicyclic amines) is 1. The van der Waals surface area contributed by atoms with Crippen molar-refractivity contribution in [2.45, 2.75) is 24.0 Å². The molecule has 1 N–H and O–H groups in total. The van der Waals surface area contributed by atoms with Crippen molar-refractivity contribution in [2.24, 2.45) is 5.92 Å². The molecule has 1 aliphatic heterocycles. The maximum absolute atomic E-state index is 13.1. The Morgan fingerprint density at radius 2 is 1.92 bits per heavy atom. The van der Waals surface area contributed by atoms with E-state index in [2.05, 4.69) is 4.72 Å². The standard InChI is InChI=1S/C15H20ClFN2O5S2/c1-10(2)9-25(21,22)12-7-19(8-12)15(20)6-18-26(23,24)11-3-4-14(17)13(16)5-11/h3-5,10,12,18H,6-9H2,1-2H3. The molecule has 0 atom stereocenters. The zero-order valence-corrected chi connectivity index (χ0v) is 16.7. The minimum atomic E-state index is -4.04. The van der Waals surface area contributed by atoms with Crippen molar-refractivity contribution in [1.29, 1.82) is 0 Å². The predicted octanol–water partition coefficient (Wildman–Crippen LogP) is 1.04. The van der Waals surface area contributed by atoms with Crippen LogP contribution in [0, 0.1) is 11.7 Å². The summed E-state index contributed by atoms with van der Waals surface area (Å²) >= 11 is 5.56. The lowest BCUT2D eigenvalue weighted by atomic mass is 10.2. The maximum Gasteiger partial charge on any atom is 0.241 e. The number of amides is 1. The maximum atomic E-state index is 13.1. The van der Waals surface area contributed by atoms with Gasteiger partial charge in [0.2, 0.25) is 15.9 Å². The summed E-state index contributed by atoms with van der Waals surface area (Å²) in [6.45, 7) is 3.19. The molecule has 1 aromatic carbocycles. The molecule has 7 nitrogen and oxygen atoms in total. The first-order valence-corrected chi connectivity index (χ1v) is 11.4. The molecule has 1 heterocycles. The first kappa shape index (κ1) is 21.1. The van der Waals surface area contributed by atoms with E-state index in [-0.39, 0.29) is 34.7 Å². The van der Waals surface area contributed by atoms with Crippen molar-refractivity contribution in [1.82, 2.24) is 9.62 Å². The van der Waals surface area contributed by atoms with Gasteiger partial charge in [-0.15, -0.1) is 0 Å². The Hall–Kier alpha value is -1.23. The fourth-order valence-corrected chi connectivity index (χ4v) is 5.73. The van der Waals surface area contributed by atoms with E-state index in [4.69, 9.17) is 11.6 Å². The van der Waals surface area contributed by atoms with Crippen molar-refractivity contribution in [3.63, 3.8) is 0 Å². The zero-order chi connectivity index (χ0) is 19.7. The molecule has 26 heavy (non-hydrogen) atoms. The van der Waals surface area contributed by atoms with Gasteiger partial charge in [-0.3, -0.25) is 4.79 Å². The number of rotatable bonds is 7. The number of hydrogen-bond acceptors (Lipinski definition) is 5. The third-order valence-corrected chi connectivity index (χ3v) is 8.02. The number of benzene rings is 1.